The van der Waals surface area contributed by atoms with Crippen LogP contribution in [0, 0.1) is 0 Å². The summed E-state index contributed by atoms with van der Waals surface area (Å²) in [7, 11) is 0. The number of aromatic nitrogens is 2. The fourth-order valence-corrected chi connectivity index (χ4v) is 3.89. The molecule has 0 N–H and O–H groups in total. The SMILES string of the molecule is c1ccc2c(c1)ccc1ocnc12.c1ccc2c(c1)ccc1scnc12. The van der Waals surface area contributed by atoms with Crippen LogP contribution in [0.5, 0.6) is 0 Å². The summed E-state index contributed by atoms with van der Waals surface area (Å²) in [5.74, 6) is 0. The molecule has 124 valence electrons. The molecule has 0 fully saturated rings. The first-order valence-corrected chi connectivity index (χ1v) is 9.20. The van der Waals surface area contributed by atoms with Crippen molar-refractivity contribution >= 4 is 54.2 Å². The topological polar surface area (TPSA) is 38.9 Å². The molecule has 6 rings (SSSR count). The highest BCUT2D eigenvalue weighted by atomic mass is 32.1. The van der Waals surface area contributed by atoms with Gasteiger partial charge in [-0.05, 0) is 22.9 Å². The van der Waals surface area contributed by atoms with E-state index in [4.69, 9.17) is 4.42 Å². The first-order chi connectivity index (χ1) is 12.9. The Bertz CT molecular complexity index is 1240. The Balaban J connectivity index is 0.000000115. The largest absolute Gasteiger partial charge is 0.443 e. The number of hydrogen-bond donors (Lipinski definition) is 0. The number of benzene rings is 4. The van der Waals surface area contributed by atoms with E-state index in [9.17, 15) is 0 Å². The van der Waals surface area contributed by atoms with Crippen molar-refractivity contribution in [3.63, 3.8) is 0 Å². The van der Waals surface area contributed by atoms with E-state index in [0.29, 0.717) is 0 Å². The third-order valence-electron chi connectivity index (χ3n) is 4.45. The second-order valence-electron chi connectivity index (χ2n) is 5.97. The highest BCUT2D eigenvalue weighted by molar-refractivity contribution is 7.16. The van der Waals surface area contributed by atoms with Gasteiger partial charge in [-0.3, -0.25) is 0 Å². The third-order valence-corrected chi connectivity index (χ3v) is 5.24. The van der Waals surface area contributed by atoms with E-state index < -0.39 is 0 Å². The van der Waals surface area contributed by atoms with Gasteiger partial charge in [-0.15, -0.1) is 11.3 Å². The lowest BCUT2D eigenvalue weighted by molar-refractivity contribution is 0.602. The van der Waals surface area contributed by atoms with Gasteiger partial charge >= 0.3 is 0 Å². The summed E-state index contributed by atoms with van der Waals surface area (Å²) in [6, 6.07) is 24.8. The summed E-state index contributed by atoms with van der Waals surface area (Å²) in [6.45, 7) is 0. The summed E-state index contributed by atoms with van der Waals surface area (Å²) in [5.41, 5.74) is 4.82. The number of fused-ring (bicyclic) bond motifs is 6. The minimum Gasteiger partial charge on any atom is -0.443 e. The zero-order chi connectivity index (χ0) is 17.3. The first kappa shape index (κ1) is 15.0. The molecule has 0 radical (unpaired) electrons. The van der Waals surface area contributed by atoms with Gasteiger partial charge in [0.25, 0.3) is 0 Å². The minimum absolute atomic E-state index is 0.846. The molecule has 0 aliphatic carbocycles. The third kappa shape index (κ3) is 2.52. The molecule has 2 heterocycles. The predicted octanol–water partition coefficient (Wildman–Crippen LogP) is 6.43. The maximum Gasteiger partial charge on any atom is 0.182 e. The van der Waals surface area contributed by atoms with Gasteiger partial charge in [0.05, 0.1) is 15.7 Å². The zero-order valence-corrected chi connectivity index (χ0v) is 14.6. The molecule has 6 aromatic rings. The van der Waals surface area contributed by atoms with E-state index >= 15 is 0 Å². The van der Waals surface area contributed by atoms with Gasteiger partial charge in [-0.1, -0.05) is 60.7 Å². The van der Waals surface area contributed by atoms with Crippen molar-refractivity contribution in [1.82, 2.24) is 9.97 Å². The zero-order valence-electron chi connectivity index (χ0n) is 13.8. The Hall–Kier alpha value is -3.24. The van der Waals surface area contributed by atoms with Gasteiger partial charge in [0.15, 0.2) is 12.0 Å². The van der Waals surface area contributed by atoms with Crippen LogP contribution in [0.4, 0.5) is 0 Å². The number of thiazole rings is 1. The van der Waals surface area contributed by atoms with Crippen LogP contribution in [0.1, 0.15) is 0 Å². The Kier molecular flexibility index (Phi) is 3.61. The number of hydrogen-bond acceptors (Lipinski definition) is 4. The fourth-order valence-electron chi connectivity index (χ4n) is 3.20. The molecule has 0 saturated carbocycles. The molecule has 26 heavy (non-hydrogen) atoms. The number of rotatable bonds is 0. The van der Waals surface area contributed by atoms with Crippen LogP contribution < -0.4 is 0 Å². The molecule has 0 amide bonds. The van der Waals surface area contributed by atoms with Gasteiger partial charge in [0.1, 0.15) is 5.52 Å². The van der Waals surface area contributed by atoms with Crippen molar-refractivity contribution in [2.24, 2.45) is 0 Å². The van der Waals surface area contributed by atoms with Crippen molar-refractivity contribution in [1.29, 1.82) is 0 Å². The lowest BCUT2D eigenvalue weighted by atomic mass is 10.1. The Morgan fingerprint density at radius 3 is 2.15 bits per heavy atom. The standard InChI is InChI=1S/C11H7NO.C11H7NS/c2*1-2-4-9-8(3-1)5-6-10-11(9)12-7-13-10/h2*1-7H. The Morgan fingerprint density at radius 1 is 0.654 bits per heavy atom. The summed E-state index contributed by atoms with van der Waals surface area (Å²) < 4.78 is 6.48. The molecular formula is C22H14N2OS. The second-order valence-corrected chi connectivity index (χ2v) is 6.86. The number of nitrogens with zero attached hydrogens (tertiary/aromatic N) is 2. The molecule has 0 unspecified atom stereocenters. The minimum atomic E-state index is 0.846. The smallest absolute Gasteiger partial charge is 0.182 e. The van der Waals surface area contributed by atoms with Crippen LogP contribution in [0.2, 0.25) is 0 Å². The summed E-state index contributed by atoms with van der Waals surface area (Å²) in [4.78, 5) is 8.55. The summed E-state index contributed by atoms with van der Waals surface area (Å²) in [6.07, 6.45) is 1.48. The monoisotopic (exact) mass is 354 g/mol. The Labute approximate surface area is 153 Å². The van der Waals surface area contributed by atoms with E-state index in [1.165, 1.54) is 27.3 Å². The lowest BCUT2D eigenvalue weighted by Gasteiger charge is -1.96. The average Bonchev–Trinajstić information content (AvgIpc) is 3.38. The van der Waals surface area contributed by atoms with Gasteiger partial charge in [0, 0.05) is 10.8 Å². The van der Waals surface area contributed by atoms with Crippen LogP contribution >= 0.6 is 11.3 Å². The summed E-state index contributed by atoms with van der Waals surface area (Å²) >= 11 is 1.69. The van der Waals surface area contributed by atoms with E-state index in [1.807, 2.05) is 29.8 Å². The van der Waals surface area contributed by atoms with Crippen molar-refractivity contribution in [2.45, 2.75) is 0 Å². The van der Waals surface area contributed by atoms with Crippen molar-refractivity contribution in [3.8, 4) is 0 Å². The molecule has 0 aliphatic rings. The van der Waals surface area contributed by atoms with E-state index in [1.54, 1.807) is 11.3 Å². The van der Waals surface area contributed by atoms with Gasteiger partial charge in [-0.2, -0.15) is 0 Å². The quantitative estimate of drug-likeness (QED) is 0.315. The van der Waals surface area contributed by atoms with Crippen molar-refractivity contribution < 1.29 is 4.42 Å². The second kappa shape index (κ2) is 6.24. The maximum atomic E-state index is 5.21. The fraction of sp³-hybridized carbons (Fsp3) is 0. The summed E-state index contributed by atoms with van der Waals surface area (Å²) in [5, 5.41) is 4.86. The van der Waals surface area contributed by atoms with Crippen molar-refractivity contribution in [2.75, 3.05) is 0 Å². The van der Waals surface area contributed by atoms with Gasteiger partial charge < -0.3 is 4.42 Å². The molecule has 4 heteroatoms. The molecule has 0 aliphatic heterocycles. The molecule has 2 aromatic heterocycles. The molecule has 3 nitrogen and oxygen atoms in total. The molecule has 4 aromatic carbocycles. The van der Waals surface area contributed by atoms with Gasteiger partial charge in [-0.25, -0.2) is 9.97 Å². The number of oxazole rings is 1. The van der Waals surface area contributed by atoms with Crippen molar-refractivity contribution in [3.05, 3.63) is 84.7 Å². The van der Waals surface area contributed by atoms with Crippen LogP contribution in [0.25, 0.3) is 42.9 Å². The van der Waals surface area contributed by atoms with E-state index in [0.717, 1.165) is 22.0 Å². The Morgan fingerprint density at radius 2 is 1.35 bits per heavy atom. The molecule has 0 bridgehead atoms. The average molecular weight is 354 g/mol. The van der Waals surface area contributed by atoms with Crippen LogP contribution in [-0.4, -0.2) is 9.97 Å². The van der Waals surface area contributed by atoms with E-state index in [-0.39, 0.29) is 0 Å². The lowest BCUT2D eigenvalue weighted by Crippen LogP contribution is -1.73. The van der Waals surface area contributed by atoms with Gasteiger partial charge in [0.2, 0.25) is 0 Å². The highest BCUT2D eigenvalue weighted by Gasteiger charge is 2.02. The van der Waals surface area contributed by atoms with Crippen LogP contribution in [0.3, 0.4) is 0 Å². The molecule has 0 atom stereocenters. The first-order valence-electron chi connectivity index (χ1n) is 8.32. The van der Waals surface area contributed by atoms with E-state index in [2.05, 4.69) is 58.5 Å². The highest BCUT2D eigenvalue weighted by Crippen LogP contribution is 2.26. The normalized spacial score (nSPS) is 11.1. The molecule has 0 spiro atoms. The molecule has 0 saturated heterocycles. The van der Waals surface area contributed by atoms with Crippen LogP contribution in [-0.2, 0) is 0 Å². The maximum absolute atomic E-state index is 5.21. The predicted molar refractivity (Wildman–Crippen MR) is 109 cm³/mol. The van der Waals surface area contributed by atoms with Crippen LogP contribution in [0.15, 0.2) is 89.1 Å². The molecular weight excluding hydrogens is 340 g/mol.